The minimum absolute atomic E-state index is 0.144. The number of nitro benzene ring substituents is 1. The van der Waals surface area contributed by atoms with E-state index in [1.165, 1.54) is 18.2 Å². The first-order chi connectivity index (χ1) is 11.0. The van der Waals surface area contributed by atoms with Crippen LogP contribution in [0.4, 0.5) is 5.69 Å². The molecule has 0 saturated carbocycles. The highest BCUT2D eigenvalue weighted by Crippen LogP contribution is 2.23. The third-order valence-corrected chi connectivity index (χ3v) is 3.14. The molecule has 0 radical (unpaired) electrons. The smallest absolute Gasteiger partial charge is 0.270 e. The van der Waals surface area contributed by atoms with Gasteiger partial charge in [-0.1, -0.05) is 6.07 Å². The van der Waals surface area contributed by atoms with Crippen LogP contribution in [-0.4, -0.2) is 24.4 Å². The Morgan fingerprint density at radius 2 is 1.70 bits per heavy atom. The Hall–Kier alpha value is -2.89. The normalized spacial score (nSPS) is 10.2. The van der Waals surface area contributed by atoms with Gasteiger partial charge in [0.05, 0.1) is 10.5 Å². The second-order valence-electron chi connectivity index (χ2n) is 5.12. The SMILES string of the molecule is Cc1cc(C)cc(OCCOc2ccc([N+](=O)[O-])cc2C=O)c1. The third-order valence-electron chi connectivity index (χ3n) is 3.14. The molecular formula is C17H17NO5. The van der Waals surface area contributed by atoms with Gasteiger partial charge in [0.2, 0.25) is 0 Å². The van der Waals surface area contributed by atoms with Crippen LogP contribution in [0.5, 0.6) is 11.5 Å². The van der Waals surface area contributed by atoms with Crippen molar-refractivity contribution in [1.29, 1.82) is 0 Å². The molecule has 6 nitrogen and oxygen atoms in total. The number of hydrogen-bond donors (Lipinski definition) is 0. The van der Waals surface area contributed by atoms with Crippen LogP contribution in [0.3, 0.4) is 0 Å². The molecule has 0 atom stereocenters. The Balaban J connectivity index is 1.93. The second-order valence-corrected chi connectivity index (χ2v) is 5.12. The molecule has 2 aromatic rings. The van der Waals surface area contributed by atoms with Gasteiger partial charge in [-0.25, -0.2) is 0 Å². The minimum atomic E-state index is -0.556. The van der Waals surface area contributed by atoms with Gasteiger partial charge in [0, 0.05) is 12.1 Å². The number of aldehydes is 1. The molecule has 0 aliphatic heterocycles. The maximum Gasteiger partial charge on any atom is 0.270 e. The summed E-state index contributed by atoms with van der Waals surface area (Å²) in [6.45, 7) is 4.51. The summed E-state index contributed by atoms with van der Waals surface area (Å²) in [5.74, 6) is 1.06. The Morgan fingerprint density at radius 3 is 2.30 bits per heavy atom. The maximum absolute atomic E-state index is 11.0. The quantitative estimate of drug-likeness (QED) is 0.338. The molecule has 0 fully saturated rings. The molecular weight excluding hydrogens is 298 g/mol. The maximum atomic E-state index is 11.0. The molecule has 2 aromatic carbocycles. The molecule has 0 saturated heterocycles. The number of carbonyl (C=O) groups excluding carboxylic acids is 1. The summed E-state index contributed by atoms with van der Waals surface area (Å²) in [5, 5.41) is 10.7. The molecule has 0 N–H and O–H groups in total. The summed E-state index contributed by atoms with van der Waals surface area (Å²) in [4.78, 5) is 21.1. The number of nitrogens with zero attached hydrogens (tertiary/aromatic N) is 1. The van der Waals surface area contributed by atoms with Gasteiger partial charge in [0.1, 0.15) is 24.7 Å². The van der Waals surface area contributed by atoms with Crippen molar-refractivity contribution >= 4 is 12.0 Å². The Bertz CT molecular complexity index is 707. The number of benzene rings is 2. The average molecular weight is 315 g/mol. The van der Waals surface area contributed by atoms with Crippen molar-refractivity contribution in [3.8, 4) is 11.5 Å². The van der Waals surface area contributed by atoms with E-state index >= 15 is 0 Å². The summed E-state index contributed by atoms with van der Waals surface area (Å²) in [7, 11) is 0. The molecule has 0 heterocycles. The fourth-order valence-electron chi connectivity index (χ4n) is 2.20. The minimum Gasteiger partial charge on any atom is -0.490 e. The lowest BCUT2D eigenvalue weighted by Crippen LogP contribution is -2.10. The van der Waals surface area contributed by atoms with E-state index in [-0.39, 0.29) is 17.9 Å². The van der Waals surface area contributed by atoms with E-state index in [1.54, 1.807) is 0 Å². The summed E-state index contributed by atoms with van der Waals surface area (Å²) in [6, 6.07) is 9.81. The molecule has 0 aliphatic carbocycles. The van der Waals surface area contributed by atoms with Crippen LogP contribution < -0.4 is 9.47 Å². The van der Waals surface area contributed by atoms with Crippen molar-refractivity contribution in [3.63, 3.8) is 0 Å². The number of carbonyl (C=O) groups is 1. The lowest BCUT2D eigenvalue weighted by molar-refractivity contribution is -0.384. The van der Waals surface area contributed by atoms with Gasteiger partial charge in [0.15, 0.2) is 6.29 Å². The van der Waals surface area contributed by atoms with Crippen LogP contribution in [0.25, 0.3) is 0 Å². The molecule has 120 valence electrons. The van der Waals surface area contributed by atoms with E-state index in [9.17, 15) is 14.9 Å². The first-order valence-electron chi connectivity index (χ1n) is 7.07. The van der Waals surface area contributed by atoms with Crippen LogP contribution >= 0.6 is 0 Å². The highest BCUT2D eigenvalue weighted by Gasteiger charge is 2.11. The van der Waals surface area contributed by atoms with Gasteiger partial charge in [-0.2, -0.15) is 0 Å². The number of ether oxygens (including phenoxy) is 2. The van der Waals surface area contributed by atoms with Gasteiger partial charge < -0.3 is 9.47 Å². The van der Waals surface area contributed by atoms with Gasteiger partial charge >= 0.3 is 0 Å². The highest BCUT2D eigenvalue weighted by molar-refractivity contribution is 5.80. The standard InChI is InChI=1S/C17H17NO5/c1-12-7-13(2)9-16(8-12)22-5-6-23-17-4-3-15(18(20)21)10-14(17)11-19/h3-4,7-11H,5-6H2,1-2H3. The zero-order valence-electron chi connectivity index (χ0n) is 12.9. The van der Waals surface area contributed by atoms with Crippen molar-refractivity contribution in [2.24, 2.45) is 0 Å². The highest BCUT2D eigenvalue weighted by atomic mass is 16.6. The number of aryl methyl sites for hydroxylation is 2. The predicted molar refractivity (Wildman–Crippen MR) is 85.4 cm³/mol. The third kappa shape index (κ3) is 4.54. The largest absolute Gasteiger partial charge is 0.490 e. The first kappa shape index (κ1) is 16.5. The van der Waals surface area contributed by atoms with E-state index in [0.717, 1.165) is 16.9 Å². The van der Waals surface area contributed by atoms with Gasteiger partial charge in [-0.3, -0.25) is 14.9 Å². The molecule has 0 unspecified atom stereocenters. The van der Waals surface area contributed by atoms with Crippen molar-refractivity contribution in [2.45, 2.75) is 13.8 Å². The van der Waals surface area contributed by atoms with E-state index in [4.69, 9.17) is 9.47 Å². The number of rotatable bonds is 7. The van der Waals surface area contributed by atoms with E-state index < -0.39 is 4.92 Å². The van der Waals surface area contributed by atoms with Crippen LogP contribution in [0, 0.1) is 24.0 Å². The van der Waals surface area contributed by atoms with Gasteiger partial charge in [-0.05, 0) is 43.2 Å². The molecule has 0 bridgehead atoms. The van der Waals surface area contributed by atoms with Crippen molar-refractivity contribution in [2.75, 3.05) is 13.2 Å². The zero-order chi connectivity index (χ0) is 16.8. The van der Waals surface area contributed by atoms with E-state index in [1.807, 2.05) is 26.0 Å². The van der Waals surface area contributed by atoms with Crippen LogP contribution in [0.15, 0.2) is 36.4 Å². The Kier molecular flexibility index (Phi) is 5.30. The molecule has 0 aromatic heterocycles. The van der Waals surface area contributed by atoms with Gasteiger partial charge in [-0.15, -0.1) is 0 Å². The number of hydrogen-bond acceptors (Lipinski definition) is 5. The van der Waals surface area contributed by atoms with Crippen LogP contribution in [0.2, 0.25) is 0 Å². The van der Waals surface area contributed by atoms with Crippen LogP contribution in [0.1, 0.15) is 21.5 Å². The number of nitro groups is 1. The molecule has 2 rings (SSSR count). The molecule has 0 amide bonds. The summed E-state index contributed by atoms with van der Waals surface area (Å²) >= 11 is 0. The molecule has 0 aliphatic rings. The monoisotopic (exact) mass is 315 g/mol. The first-order valence-corrected chi connectivity index (χ1v) is 7.07. The fourth-order valence-corrected chi connectivity index (χ4v) is 2.20. The summed E-state index contributed by atoms with van der Waals surface area (Å²) in [6.07, 6.45) is 0.535. The van der Waals surface area contributed by atoms with Crippen molar-refractivity contribution in [3.05, 3.63) is 63.2 Å². The van der Waals surface area contributed by atoms with Crippen molar-refractivity contribution in [1.82, 2.24) is 0 Å². The lowest BCUT2D eigenvalue weighted by Gasteiger charge is -2.10. The van der Waals surface area contributed by atoms with Crippen molar-refractivity contribution < 1.29 is 19.2 Å². The predicted octanol–water partition coefficient (Wildman–Crippen LogP) is 3.48. The Labute approximate surface area is 133 Å². The summed E-state index contributed by atoms with van der Waals surface area (Å²) < 4.78 is 11.1. The van der Waals surface area contributed by atoms with E-state index in [0.29, 0.717) is 18.6 Å². The molecule has 0 spiro atoms. The topological polar surface area (TPSA) is 78.7 Å². The summed E-state index contributed by atoms with van der Waals surface area (Å²) in [5.41, 5.74) is 2.22. The second kappa shape index (κ2) is 7.40. The number of non-ortho nitro benzene ring substituents is 1. The molecule has 23 heavy (non-hydrogen) atoms. The zero-order valence-corrected chi connectivity index (χ0v) is 12.9. The average Bonchev–Trinajstić information content (AvgIpc) is 2.50. The molecule has 6 heteroatoms. The Morgan fingerprint density at radius 1 is 1.04 bits per heavy atom. The van der Waals surface area contributed by atoms with Gasteiger partial charge in [0.25, 0.3) is 5.69 Å². The van der Waals surface area contributed by atoms with Crippen LogP contribution in [-0.2, 0) is 0 Å². The lowest BCUT2D eigenvalue weighted by atomic mass is 10.1. The van der Waals surface area contributed by atoms with E-state index in [2.05, 4.69) is 6.07 Å². The fraction of sp³-hybridized carbons (Fsp3) is 0.235.